The predicted molar refractivity (Wildman–Crippen MR) is 79.1 cm³/mol. The molecule has 2 rings (SSSR count). The second-order valence-corrected chi connectivity index (χ2v) is 6.23. The van der Waals surface area contributed by atoms with Crippen LogP contribution in [0.5, 0.6) is 0 Å². The normalized spacial score (nSPS) is 46.8. The van der Waals surface area contributed by atoms with Gasteiger partial charge in [0.25, 0.3) is 0 Å². The Balaban J connectivity index is 2.21. The number of rotatable bonds is 5. The van der Waals surface area contributed by atoms with Crippen LogP contribution in [0.1, 0.15) is 6.92 Å². The third kappa shape index (κ3) is 4.30. The second-order valence-electron chi connectivity index (χ2n) is 6.23. The molecule has 0 aromatic heterocycles. The summed E-state index contributed by atoms with van der Waals surface area (Å²) in [6.07, 6.45) is -14.4. The fourth-order valence-corrected chi connectivity index (χ4v) is 2.95. The lowest BCUT2D eigenvalue weighted by Crippen LogP contribution is -2.67. The molecule has 2 aliphatic heterocycles. The van der Waals surface area contributed by atoms with Crippen LogP contribution < -0.4 is 5.32 Å². The fourth-order valence-electron chi connectivity index (χ4n) is 2.95. The molecule has 0 aromatic rings. The second kappa shape index (κ2) is 8.82. The van der Waals surface area contributed by atoms with E-state index >= 15 is 0 Å². The van der Waals surface area contributed by atoms with Gasteiger partial charge in [-0.3, -0.25) is 4.79 Å². The number of aliphatic hydroxyl groups is 6. The molecule has 2 heterocycles. The summed E-state index contributed by atoms with van der Waals surface area (Å²) in [5, 5.41) is 61.3. The zero-order valence-electron chi connectivity index (χ0n) is 13.9. The van der Waals surface area contributed by atoms with E-state index in [1.807, 2.05) is 0 Å². The Bertz CT molecular complexity index is 483. The highest BCUT2D eigenvalue weighted by Crippen LogP contribution is 2.28. The van der Waals surface area contributed by atoms with Crippen molar-refractivity contribution >= 4 is 5.91 Å². The summed E-state index contributed by atoms with van der Waals surface area (Å²) >= 11 is 0. The number of ether oxygens (including phenoxy) is 3. The van der Waals surface area contributed by atoms with Crippen molar-refractivity contribution in [3.8, 4) is 0 Å². The van der Waals surface area contributed by atoms with Crippen LogP contribution in [-0.2, 0) is 19.0 Å². The number of hydrogen-bond acceptors (Lipinski definition) is 10. The smallest absolute Gasteiger partial charge is 0.217 e. The monoisotopic (exact) mass is 385 g/mol. The molecule has 1 amide bonds. The minimum Gasteiger partial charge on any atom is -0.394 e. The van der Waals surface area contributed by atoms with Gasteiger partial charge in [0.2, 0.25) is 5.91 Å². The lowest BCUT2D eigenvalue weighted by molar-refractivity contribution is -0.340. The van der Waals surface area contributed by atoms with Crippen LogP contribution >= 0.6 is 0 Å². The highest BCUT2D eigenvalue weighted by molar-refractivity contribution is 5.73. The molecule has 0 radical (unpaired) electrons. The molecule has 1 unspecified atom stereocenters. The van der Waals surface area contributed by atoms with Crippen molar-refractivity contribution in [2.45, 2.75) is 68.3 Å². The Morgan fingerprint density at radius 1 is 1.04 bits per heavy atom. The quantitative estimate of drug-likeness (QED) is 0.245. The first kappa shape index (κ1) is 21.3. The van der Waals surface area contributed by atoms with Gasteiger partial charge < -0.3 is 50.2 Å². The van der Waals surface area contributed by atoms with Crippen LogP contribution in [0.15, 0.2) is 0 Å². The van der Waals surface area contributed by atoms with Crippen LogP contribution in [0.3, 0.4) is 0 Å². The zero-order chi connectivity index (χ0) is 19.6. The van der Waals surface area contributed by atoms with Crippen molar-refractivity contribution in [2.24, 2.45) is 0 Å². The maximum Gasteiger partial charge on any atom is 0.217 e. The molecule has 0 bridgehead atoms. The molecule has 2 saturated heterocycles. The molecule has 152 valence electrons. The highest BCUT2D eigenvalue weighted by atomic mass is 19.1. The Morgan fingerprint density at radius 2 is 1.69 bits per heavy atom. The molecule has 7 N–H and O–H groups in total. The van der Waals surface area contributed by atoms with Crippen molar-refractivity contribution in [3.63, 3.8) is 0 Å². The molecule has 0 saturated carbocycles. The van der Waals surface area contributed by atoms with Gasteiger partial charge in [-0.2, -0.15) is 0 Å². The highest BCUT2D eigenvalue weighted by Gasteiger charge is 2.50. The molecular formula is C14H24FNO10. The van der Waals surface area contributed by atoms with Crippen LogP contribution in [0.25, 0.3) is 0 Å². The number of nitrogens with one attached hydrogen (secondary N) is 1. The van der Waals surface area contributed by atoms with E-state index in [1.54, 1.807) is 0 Å². The molecule has 11 nitrogen and oxygen atoms in total. The molecule has 0 aromatic carbocycles. The summed E-state index contributed by atoms with van der Waals surface area (Å²) < 4.78 is 28.4. The van der Waals surface area contributed by atoms with Gasteiger partial charge in [0.15, 0.2) is 12.6 Å². The average Bonchev–Trinajstić information content (AvgIpc) is 2.60. The average molecular weight is 385 g/mol. The van der Waals surface area contributed by atoms with Crippen LogP contribution in [0.4, 0.5) is 4.39 Å². The van der Waals surface area contributed by atoms with Crippen molar-refractivity contribution in [2.75, 3.05) is 13.3 Å². The van der Waals surface area contributed by atoms with E-state index in [4.69, 9.17) is 14.2 Å². The Hall–Kier alpha value is -0.960. The van der Waals surface area contributed by atoms with E-state index in [0.29, 0.717) is 0 Å². The van der Waals surface area contributed by atoms with Gasteiger partial charge >= 0.3 is 0 Å². The summed E-state index contributed by atoms with van der Waals surface area (Å²) in [7, 11) is 0. The lowest BCUT2D eigenvalue weighted by atomic mass is 9.95. The molecule has 12 heteroatoms. The summed E-state index contributed by atoms with van der Waals surface area (Å²) in [6, 6.07) is -1.31. The number of alkyl halides is 1. The minimum atomic E-state index is -1.80. The van der Waals surface area contributed by atoms with E-state index in [0.717, 1.165) is 6.92 Å². The number of hydrogen-bond donors (Lipinski definition) is 7. The van der Waals surface area contributed by atoms with E-state index in [-0.39, 0.29) is 0 Å². The van der Waals surface area contributed by atoms with E-state index in [1.165, 1.54) is 0 Å². The Labute approximate surface area is 147 Å². The molecule has 0 spiro atoms. The lowest BCUT2D eigenvalue weighted by Gasteiger charge is -2.46. The Kier molecular flexibility index (Phi) is 7.24. The number of carbonyl (C=O) groups excluding carboxylic acids is 1. The van der Waals surface area contributed by atoms with Gasteiger partial charge in [0.1, 0.15) is 55.4 Å². The van der Waals surface area contributed by atoms with E-state index in [9.17, 15) is 39.8 Å². The van der Waals surface area contributed by atoms with E-state index in [2.05, 4.69) is 5.32 Å². The van der Waals surface area contributed by atoms with Crippen molar-refractivity contribution in [3.05, 3.63) is 0 Å². The van der Waals surface area contributed by atoms with Crippen LogP contribution in [0, 0.1) is 0 Å². The SMILES string of the molecule is CC(=O)N[C@H]1C(O)O[C@H](CO)[C@H](O)[C@@H]1O[C@@H]1O[C@H](CF)[C@H](O)[C@H](O)[C@H]1O. The van der Waals surface area contributed by atoms with Crippen LogP contribution in [0.2, 0.25) is 0 Å². The van der Waals surface area contributed by atoms with Crippen molar-refractivity contribution in [1.82, 2.24) is 5.32 Å². The molecule has 2 aliphatic rings. The molecule has 10 atom stereocenters. The van der Waals surface area contributed by atoms with Crippen molar-refractivity contribution < 1.29 is 54.0 Å². The molecule has 0 aliphatic carbocycles. The summed E-state index contributed by atoms with van der Waals surface area (Å²) in [5.41, 5.74) is 0. The van der Waals surface area contributed by atoms with Gasteiger partial charge in [-0.15, -0.1) is 0 Å². The first-order valence-electron chi connectivity index (χ1n) is 8.01. The topological polar surface area (TPSA) is 178 Å². The first-order valence-corrected chi connectivity index (χ1v) is 8.01. The largest absolute Gasteiger partial charge is 0.394 e. The summed E-state index contributed by atoms with van der Waals surface area (Å²) in [4.78, 5) is 11.3. The molecule has 2 fully saturated rings. The van der Waals surface area contributed by atoms with Gasteiger partial charge in [0, 0.05) is 6.92 Å². The minimum absolute atomic E-state index is 0.594. The number of amides is 1. The third-order valence-corrected chi connectivity index (χ3v) is 4.35. The summed E-state index contributed by atoms with van der Waals surface area (Å²) in [5.74, 6) is -0.594. The predicted octanol–water partition coefficient (Wildman–Crippen LogP) is -4.28. The van der Waals surface area contributed by atoms with Crippen molar-refractivity contribution in [1.29, 1.82) is 0 Å². The molecule has 26 heavy (non-hydrogen) atoms. The van der Waals surface area contributed by atoms with E-state index < -0.39 is 80.5 Å². The molecular weight excluding hydrogens is 361 g/mol. The first-order chi connectivity index (χ1) is 12.2. The maximum absolute atomic E-state index is 13.0. The van der Waals surface area contributed by atoms with Crippen LogP contribution in [-0.4, -0.2) is 111 Å². The summed E-state index contributed by atoms with van der Waals surface area (Å²) in [6.45, 7) is -0.731. The maximum atomic E-state index is 13.0. The third-order valence-electron chi connectivity index (χ3n) is 4.35. The van der Waals surface area contributed by atoms with Gasteiger partial charge in [-0.25, -0.2) is 4.39 Å². The van der Waals surface area contributed by atoms with Gasteiger partial charge in [0.05, 0.1) is 6.61 Å². The number of aliphatic hydroxyl groups excluding tert-OH is 6. The van der Waals surface area contributed by atoms with Gasteiger partial charge in [-0.05, 0) is 0 Å². The Morgan fingerprint density at radius 3 is 2.23 bits per heavy atom. The van der Waals surface area contributed by atoms with Gasteiger partial charge in [-0.1, -0.05) is 0 Å². The standard InChI is InChI=1S/C14H24FNO10/c1-4(18)16-7-12(9(20)6(3-17)24-13(7)23)26-14-11(22)10(21)8(19)5(2-15)25-14/h5-14,17,19-23H,2-3H2,1H3,(H,16,18)/t5-,6-,7-,8+,9+,10+,11-,12-,13?,14+/m1/s1. The zero-order valence-corrected chi connectivity index (χ0v) is 13.9. The number of halogens is 1. The number of carbonyl (C=O) groups is 1. The fraction of sp³-hybridized carbons (Fsp3) is 0.929.